The Bertz CT molecular complexity index is 872. The highest BCUT2D eigenvalue weighted by Crippen LogP contribution is 2.26. The minimum absolute atomic E-state index is 0. The Morgan fingerprint density at radius 3 is 2.43 bits per heavy atom. The van der Waals surface area contributed by atoms with Crippen LogP contribution in [-0.2, 0) is 0 Å². The fraction of sp³-hybridized carbons (Fsp3) is 0.476. The van der Waals surface area contributed by atoms with Gasteiger partial charge in [-0.1, -0.05) is 0 Å². The van der Waals surface area contributed by atoms with Crippen molar-refractivity contribution in [1.82, 2.24) is 15.3 Å². The zero-order valence-corrected chi connectivity index (χ0v) is 18.2. The van der Waals surface area contributed by atoms with Crippen LogP contribution < -0.4 is 15.5 Å². The molecule has 9 heteroatoms. The van der Waals surface area contributed by atoms with Crippen LogP contribution in [0.5, 0.6) is 0 Å². The summed E-state index contributed by atoms with van der Waals surface area (Å²) in [7, 11) is 3.90. The Labute approximate surface area is 181 Å². The monoisotopic (exact) mass is 439 g/mol. The lowest BCUT2D eigenvalue weighted by Crippen LogP contribution is -2.34. The standard InChI is InChI=1S/C21H27F2N5O.ClH/c1-13-25-19(11-20(26-13)28(2)3)27-16-7-4-14(5-8-16)12-24-21(29)15-6-9-17(22)18(23)10-15;/h6,9-11,14,16H,4-5,7-8,12H2,1-3H3,(H,24,29)(H,25,26,27);1H/t14-,16+;. The van der Waals surface area contributed by atoms with Gasteiger partial charge in [0.05, 0.1) is 0 Å². The smallest absolute Gasteiger partial charge is 0.251 e. The van der Waals surface area contributed by atoms with Crippen molar-refractivity contribution >= 4 is 29.9 Å². The summed E-state index contributed by atoms with van der Waals surface area (Å²) >= 11 is 0. The fourth-order valence-electron chi connectivity index (χ4n) is 3.55. The molecule has 0 spiro atoms. The molecule has 0 saturated heterocycles. The predicted octanol–water partition coefficient (Wildman–Crippen LogP) is 3.95. The largest absolute Gasteiger partial charge is 0.367 e. The van der Waals surface area contributed by atoms with Gasteiger partial charge in [-0.15, -0.1) is 12.4 Å². The van der Waals surface area contributed by atoms with Gasteiger partial charge in [0.15, 0.2) is 11.6 Å². The van der Waals surface area contributed by atoms with Crippen LogP contribution in [0.25, 0.3) is 0 Å². The van der Waals surface area contributed by atoms with Crippen LogP contribution in [0, 0.1) is 24.5 Å². The lowest BCUT2D eigenvalue weighted by molar-refractivity contribution is 0.0942. The first kappa shape index (κ1) is 23.8. The van der Waals surface area contributed by atoms with Gasteiger partial charge in [0.2, 0.25) is 0 Å². The highest BCUT2D eigenvalue weighted by atomic mass is 35.5. The van der Waals surface area contributed by atoms with Crippen LogP contribution in [-0.4, -0.2) is 42.6 Å². The van der Waals surface area contributed by atoms with E-state index in [1.807, 2.05) is 32.0 Å². The predicted molar refractivity (Wildman–Crippen MR) is 116 cm³/mol. The van der Waals surface area contributed by atoms with Crippen molar-refractivity contribution in [3.63, 3.8) is 0 Å². The highest BCUT2D eigenvalue weighted by Gasteiger charge is 2.22. The molecule has 3 rings (SSSR count). The maximum Gasteiger partial charge on any atom is 0.251 e. The third-order valence-electron chi connectivity index (χ3n) is 5.21. The molecule has 0 radical (unpaired) electrons. The molecule has 1 heterocycles. The maximum atomic E-state index is 13.3. The number of nitrogens with zero attached hydrogens (tertiary/aromatic N) is 3. The molecule has 0 unspecified atom stereocenters. The van der Waals surface area contributed by atoms with Crippen molar-refractivity contribution in [2.24, 2.45) is 5.92 Å². The van der Waals surface area contributed by atoms with Crippen molar-refractivity contribution in [3.8, 4) is 0 Å². The van der Waals surface area contributed by atoms with E-state index >= 15 is 0 Å². The molecular formula is C21H28ClF2N5O. The van der Waals surface area contributed by atoms with Crippen molar-refractivity contribution in [1.29, 1.82) is 0 Å². The summed E-state index contributed by atoms with van der Waals surface area (Å²) in [5.41, 5.74) is 0.134. The second kappa shape index (κ2) is 10.5. The molecule has 1 aromatic carbocycles. The van der Waals surface area contributed by atoms with Gasteiger partial charge in [-0.3, -0.25) is 4.79 Å². The molecule has 1 saturated carbocycles. The first-order chi connectivity index (χ1) is 13.8. The van der Waals surface area contributed by atoms with E-state index in [1.165, 1.54) is 6.07 Å². The van der Waals surface area contributed by atoms with Crippen LogP contribution in [0.15, 0.2) is 24.3 Å². The molecular weight excluding hydrogens is 412 g/mol. The SMILES string of the molecule is Cc1nc(N[C@H]2CC[C@@H](CNC(=O)c3ccc(F)c(F)c3)CC2)cc(N(C)C)n1.Cl. The van der Waals surface area contributed by atoms with Gasteiger partial charge in [0.25, 0.3) is 5.91 Å². The third kappa shape index (κ3) is 6.26. The van der Waals surface area contributed by atoms with E-state index in [1.54, 1.807) is 0 Å². The number of hydrogen-bond donors (Lipinski definition) is 2. The zero-order chi connectivity index (χ0) is 21.0. The van der Waals surface area contributed by atoms with E-state index in [-0.39, 0.29) is 23.9 Å². The summed E-state index contributed by atoms with van der Waals surface area (Å²) in [4.78, 5) is 23.0. The molecule has 1 fully saturated rings. The average molecular weight is 440 g/mol. The molecule has 2 N–H and O–H groups in total. The number of anilines is 2. The summed E-state index contributed by atoms with van der Waals surface area (Å²) in [6.07, 6.45) is 3.90. The zero-order valence-electron chi connectivity index (χ0n) is 17.4. The Morgan fingerprint density at radius 1 is 1.10 bits per heavy atom. The Balaban J connectivity index is 0.00000320. The number of carbonyl (C=O) groups is 1. The minimum atomic E-state index is -1.01. The third-order valence-corrected chi connectivity index (χ3v) is 5.21. The van der Waals surface area contributed by atoms with E-state index < -0.39 is 11.6 Å². The van der Waals surface area contributed by atoms with Crippen molar-refractivity contribution in [2.75, 3.05) is 30.9 Å². The van der Waals surface area contributed by atoms with Crippen LogP contribution in [0.2, 0.25) is 0 Å². The Hall–Kier alpha value is -2.48. The van der Waals surface area contributed by atoms with Gasteiger partial charge in [-0.25, -0.2) is 18.7 Å². The number of aromatic nitrogens is 2. The lowest BCUT2D eigenvalue weighted by atomic mass is 9.86. The minimum Gasteiger partial charge on any atom is -0.367 e. The van der Waals surface area contributed by atoms with Gasteiger partial charge in [-0.05, 0) is 56.7 Å². The quantitative estimate of drug-likeness (QED) is 0.713. The van der Waals surface area contributed by atoms with Crippen molar-refractivity contribution in [2.45, 2.75) is 38.6 Å². The topological polar surface area (TPSA) is 70.2 Å². The normalized spacial score (nSPS) is 18.3. The van der Waals surface area contributed by atoms with Crippen LogP contribution in [0.1, 0.15) is 41.9 Å². The number of amides is 1. The second-order valence-electron chi connectivity index (χ2n) is 7.75. The number of hydrogen-bond acceptors (Lipinski definition) is 5. The molecule has 6 nitrogen and oxygen atoms in total. The summed E-state index contributed by atoms with van der Waals surface area (Å²) < 4.78 is 26.3. The molecule has 1 amide bonds. The molecule has 2 aromatic rings. The molecule has 1 aliphatic rings. The van der Waals surface area contributed by atoms with Gasteiger partial charge in [0, 0.05) is 38.3 Å². The molecule has 0 atom stereocenters. The van der Waals surface area contributed by atoms with Crippen molar-refractivity contribution in [3.05, 3.63) is 47.3 Å². The molecule has 1 aliphatic carbocycles. The van der Waals surface area contributed by atoms with Gasteiger partial charge >= 0.3 is 0 Å². The first-order valence-corrected chi connectivity index (χ1v) is 9.84. The summed E-state index contributed by atoms with van der Waals surface area (Å²) in [5.74, 6) is 0.450. The highest BCUT2D eigenvalue weighted by molar-refractivity contribution is 5.94. The molecule has 30 heavy (non-hydrogen) atoms. The molecule has 0 bridgehead atoms. The second-order valence-corrected chi connectivity index (χ2v) is 7.75. The molecule has 0 aliphatic heterocycles. The van der Waals surface area contributed by atoms with Crippen LogP contribution >= 0.6 is 12.4 Å². The van der Waals surface area contributed by atoms with E-state index in [0.717, 1.165) is 55.3 Å². The number of aryl methyl sites for hydroxylation is 1. The van der Waals surface area contributed by atoms with Crippen LogP contribution in [0.3, 0.4) is 0 Å². The summed E-state index contributed by atoms with van der Waals surface area (Å²) in [6.45, 7) is 2.41. The van der Waals surface area contributed by atoms with Gasteiger partial charge in [0.1, 0.15) is 17.5 Å². The number of carbonyl (C=O) groups excluding carboxylic acids is 1. The number of benzene rings is 1. The summed E-state index contributed by atoms with van der Waals surface area (Å²) in [5, 5.41) is 6.33. The van der Waals surface area contributed by atoms with E-state index in [4.69, 9.17) is 0 Å². The average Bonchev–Trinajstić information content (AvgIpc) is 2.69. The van der Waals surface area contributed by atoms with E-state index in [0.29, 0.717) is 18.5 Å². The maximum absolute atomic E-state index is 13.3. The molecule has 1 aromatic heterocycles. The van der Waals surface area contributed by atoms with E-state index in [9.17, 15) is 13.6 Å². The van der Waals surface area contributed by atoms with Crippen LogP contribution in [0.4, 0.5) is 20.4 Å². The summed E-state index contributed by atoms with van der Waals surface area (Å²) in [6, 6.07) is 5.47. The first-order valence-electron chi connectivity index (χ1n) is 9.84. The van der Waals surface area contributed by atoms with Crippen molar-refractivity contribution < 1.29 is 13.6 Å². The Morgan fingerprint density at radius 2 is 1.80 bits per heavy atom. The van der Waals surface area contributed by atoms with Gasteiger partial charge in [-0.2, -0.15) is 0 Å². The number of halogens is 3. The molecule has 164 valence electrons. The van der Waals surface area contributed by atoms with Gasteiger partial charge < -0.3 is 15.5 Å². The Kier molecular flexibility index (Phi) is 8.34. The van der Waals surface area contributed by atoms with E-state index in [2.05, 4.69) is 20.6 Å². The fourth-order valence-corrected chi connectivity index (χ4v) is 3.55. The number of nitrogens with one attached hydrogen (secondary N) is 2. The number of rotatable bonds is 6. The lowest BCUT2D eigenvalue weighted by Gasteiger charge is -2.29.